The molecule has 1 amide bonds. The molecule has 2 bridgehead atoms. The first-order chi connectivity index (χ1) is 11.9. The van der Waals surface area contributed by atoms with Gasteiger partial charge in [0.1, 0.15) is 5.82 Å². The summed E-state index contributed by atoms with van der Waals surface area (Å²) in [6, 6.07) is 1.37. The molecule has 1 aromatic rings. The van der Waals surface area contributed by atoms with E-state index in [-0.39, 0.29) is 35.8 Å². The van der Waals surface area contributed by atoms with Crippen LogP contribution in [0.4, 0.5) is 19.0 Å². The number of rotatable bonds is 4. The minimum absolute atomic E-state index is 0.0618. The second kappa shape index (κ2) is 7.37. The Morgan fingerprint density at radius 3 is 2.84 bits per heavy atom. The molecule has 3 rings (SSSR count). The van der Waals surface area contributed by atoms with Crippen LogP contribution in [0.3, 0.4) is 0 Å². The number of alkyl halides is 3. The van der Waals surface area contributed by atoms with Gasteiger partial charge in [-0.25, -0.2) is 4.98 Å². The number of aromatic nitrogens is 1. The summed E-state index contributed by atoms with van der Waals surface area (Å²) < 4.78 is 37.8. The van der Waals surface area contributed by atoms with Gasteiger partial charge >= 0.3 is 6.18 Å². The molecule has 2 N–H and O–H groups in total. The lowest BCUT2D eigenvalue weighted by molar-refractivity contribution is -0.137. The highest BCUT2D eigenvalue weighted by molar-refractivity contribution is 6.32. The highest BCUT2D eigenvalue weighted by Crippen LogP contribution is 2.32. The Hall–Kier alpha value is -1.54. The number of pyridine rings is 1. The SMILES string of the molecule is O=C(CCNc1ncc(C(F)(F)F)cc1Cl)N1C2CCNCC1CC2. The lowest BCUT2D eigenvalue weighted by Crippen LogP contribution is -2.43. The van der Waals surface area contributed by atoms with E-state index in [1.54, 1.807) is 0 Å². The summed E-state index contributed by atoms with van der Waals surface area (Å²) in [5.41, 5.74) is -0.896. The molecule has 1 aromatic heterocycles. The number of halogens is 4. The highest BCUT2D eigenvalue weighted by atomic mass is 35.5. The third-order valence-corrected chi connectivity index (χ3v) is 5.03. The normalized spacial score (nSPS) is 23.4. The van der Waals surface area contributed by atoms with Gasteiger partial charge in [0.05, 0.1) is 10.6 Å². The topological polar surface area (TPSA) is 57.3 Å². The molecule has 2 fully saturated rings. The van der Waals surface area contributed by atoms with E-state index in [1.807, 2.05) is 4.90 Å². The predicted molar refractivity (Wildman–Crippen MR) is 88.5 cm³/mol. The van der Waals surface area contributed by atoms with Crippen molar-refractivity contribution in [1.82, 2.24) is 15.2 Å². The Kier molecular flexibility index (Phi) is 5.38. The molecule has 2 saturated heterocycles. The first kappa shape index (κ1) is 18.3. The molecule has 5 nitrogen and oxygen atoms in total. The Labute approximate surface area is 148 Å². The molecule has 2 unspecified atom stereocenters. The maximum Gasteiger partial charge on any atom is 0.417 e. The van der Waals surface area contributed by atoms with Gasteiger partial charge in [-0.2, -0.15) is 13.2 Å². The number of carbonyl (C=O) groups excluding carboxylic acids is 1. The van der Waals surface area contributed by atoms with Crippen LogP contribution in [0.25, 0.3) is 0 Å². The third kappa shape index (κ3) is 4.17. The number of fused-ring (bicyclic) bond motifs is 2. The predicted octanol–water partition coefficient (Wildman–Crippen LogP) is 2.91. The van der Waals surface area contributed by atoms with Crippen molar-refractivity contribution < 1.29 is 18.0 Å². The molecule has 0 aromatic carbocycles. The zero-order chi connectivity index (χ0) is 18.0. The lowest BCUT2D eigenvalue weighted by atomic mass is 10.1. The Bertz CT molecular complexity index is 626. The van der Waals surface area contributed by atoms with Crippen molar-refractivity contribution in [2.75, 3.05) is 25.0 Å². The standard InChI is InChI=1S/C16H20ClF3N4O/c17-13-7-10(16(18,19)20)8-23-15(13)22-6-4-14(25)24-11-1-2-12(24)9-21-5-3-11/h7-8,11-12,21H,1-6,9H2,(H,22,23). The molecule has 9 heteroatoms. The zero-order valence-electron chi connectivity index (χ0n) is 13.6. The summed E-state index contributed by atoms with van der Waals surface area (Å²) in [4.78, 5) is 18.2. The highest BCUT2D eigenvalue weighted by Gasteiger charge is 2.37. The van der Waals surface area contributed by atoms with Crippen molar-refractivity contribution in [2.45, 2.75) is 43.9 Å². The second-order valence-corrected chi connectivity index (χ2v) is 6.81. The first-order valence-electron chi connectivity index (χ1n) is 8.35. The van der Waals surface area contributed by atoms with Gasteiger partial charge in [0.15, 0.2) is 0 Å². The molecule has 0 aliphatic carbocycles. The van der Waals surface area contributed by atoms with Crippen molar-refractivity contribution >= 4 is 23.3 Å². The maximum absolute atomic E-state index is 12.6. The number of nitrogens with one attached hydrogen (secondary N) is 2. The quantitative estimate of drug-likeness (QED) is 0.848. The van der Waals surface area contributed by atoms with Crippen molar-refractivity contribution in [3.05, 3.63) is 22.8 Å². The van der Waals surface area contributed by atoms with Gasteiger partial charge in [0.25, 0.3) is 0 Å². The molecular weight excluding hydrogens is 357 g/mol. The van der Waals surface area contributed by atoms with Crippen LogP contribution < -0.4 is 10.6 Å². The minimum Gasteiger partial charge on any atom is -0.368 e. The Morgan fingerprint density at radius 1 is 1.36 bits per heavy atom. The van der Waals surface area contributed by atoms with Gasteiger partial charge in [0, 0.05) is 37.8 Å². The monoisotopic (exact) mass is 376 g/mol. The summed E-state index contributed by atoms with van der Waals surface area (Å²) in [5, 5.41) is 6.09. The van der Waals surface area contributed by atoms with Crippen LogP contribution in [0.5, 0.6) is 0 Å². The molecule has 25 heavy (non-hydrogen) atoms. The van der Waals surface area contributed by atoms with E-state index in [0.29, 0.717) is 6.04 Å². The summed E-state index contributed by atoms with van der Waals surface area (Å²) in [5.74, 6) is 0.217. The second-order valence-electron chi connectivity index (χ2n) is 6.41. The number of amides is 1. The molecular formula is C16H20ClF3N4O. The summed E-state index contributed by atoms with van der Waals surface area (Å²) in [7, 11) is 0. The minimum atomic E-state index is -4.48. The molecule has 0 radical (unpaired) electrons. The van der Waals surface area contributed by atoms with Gasteiger partial charge in [-0.15, -0.1) is 0 Å². The Balaban J connectivity index is 1.55. The zero-order valence-corrected chi connectivity index (χ0v) is 14.3. The van der Waals surface area contributed by atoms with E-state index in [0.717, 1.165) is 44.6 Å². The van der Waals surface area contributed by atoms with Crippen molar-refractivity contribution in [2.24, 2.45) is 0 Å². The largest absolute Gasteiger partial charge is 0.417 e. The smallest absolute Gasteiger partial charge is 0.368 e. The van der Waals surface area contributed by atoms with Crippen LogP contribution in [0.2, 0.25) is 5.02 Å². The van der Waals surface area contributed by atoms with Gasteiger partial charge in [-0.05, 0) is 31.9 Å². The molecule has 0 saturated carbocycles. The number of nitrogens with zero attached hydrogens (tertiary/aromatic N) is 2. The molecule has 138 valence electrons. The number of carbonyl (C=O) groups is 1. The van der Waals surface area contributed by atoms with Gasteiger partial charge in [-0.3, -0.25) is 4.79 Å². The van der Waals surface area contributed by atoms with Gasteiger partial charge in [0.2, 0.25) is 5.91 Å². The maximum atomic E-state index is 12.6. The summed E-state index contributed by atoms with van der Waals surface area (Å²) >= 11 is 5.85. The fraction of sp³-hybridized carbons (Fsp3) is 0.625. The summed E-state index contributed by atoms with van der Waals surface area (Å²) in [6.45, 7) is 2.02. The molecule has 0 spiro atoms. The van der Waals surface area contributed by atoms with Crippen molar-refractivity contribution in [3.8, 4) is 0 Å². The number of anilines is 1. The fourth-order valence-electron chi connectivity index (χ4n) is 3.53. The van der Waals surface area contributed by atoms with Crippen LogP contribution in [-0.4, -0.2) is 47.5 Å². The van der Waals surface area contributed by atoms with Crippen LogP contribution in [0.1, 0.15) is 31.2 Å². The molecule has 3 heterocycles. The van der Waals surface area contributed by atoms with E-state index in [2.05, 4.69) is 15.6 Å². The van der Waals surface area contributed by atoms with E-state index < -0.39 is 11.7 Å². The number of hydrogen-bond donors (Lipinski definition) is 2. The Morgan fingerprint density at radius 2 is 2.12 bits per heavy atom. The average molecular weight is 377 g/mol. The van der Waals surface area contributed by atoms with Crippen LogP contribution in [-0.2, 0) is 11.0 Å². The fourth-order valence-corrected chi connectivity index (χ4v) is 3.76. The first-order valence-corrected chi connectivity index (χ1v) is 8.72. The van der Waals surface area contributed by atoms with Crippen LogP contribution in [0, 0.1) is 0 Å². The van der Waals surface area contributed by atoms with E-state index >= 15 is 0 Å². The number of hydrogen-bond acceptors (Lipinski definition) is 4. The average Bonchev–Trinajstić information content (AvgIpc) is 2.80. The van der Waals surface area contributed by atoms with E-state index in [1.165, 1.54) is 0 Å². The lowest BCUT2D eigenvalue weighted by Gasteiger charge is -2.28. The van der Waals surface area contributed by atoms with Crippen LogP contribution in [0.15, 0.2) is 12.3 Å². The molecule has 2 atom stereocenters. The third-order valence-electron chi connectivity index (χ3n) is 4.74. The van der Waals surface area contributed by atoms with Gasteiger partial charge < -0.3 is 15.5 Å². The molecule has 2 aliphatic rings. The van der Waals surface area contributed by atoms with Crippen molar-refractivity contribution in [1.29, 1.82) is 0 Å². The molecule has 2 aliphatic heterocycles. The van der Waals surface area contributed by atoms with Gasteiger partial charge in [-0.1, -0.05) is 11.6 Å². The van der Waals surface area contributed by atoms with Crippen LogP contribution >= 0.6 is 11.6 Å². The van der Waals surface area contributed by atoms with E-state index in [4.69, 9.17) is 11.6 Å². The van der Waals surface area contributed by atoms with E-state index in [9.17, 15) is 18.0 Å². The summed E-state index contributed by atoms with van der Waals surface area (Å²) in [6.07, 6.45) is -0.475. The van der Waals surface area contributed by atoms with Crippen molar-refractivity contribution in [3.63, 3.8) is 0 Å².